The summed E-state index contributed by atoms with van der Waals surface area (Å²) in [6, 6.07) is 8.60. The van der Waals surface area contributed by atoms with Crippen LogP contribution in [0.25, 0.3) is 11.6 Å². The third-order valence-corrected chi connectivity index (χ3v) is 4.06. The van der Waals surface area contributed by atoms with Crippen LogP contribution in [0.15, 0.2) is 47.3 Å². The number of nitrogens with zero attached hydrogens (tertiary/aromatic N) is 3. The highest BCUT2D eigenvalue weighted by molar-refractivity contribution is 5.47. The minimum Gasteiger partial charge on any atom is -0.440 e. The molecule has 1 unspecified atom stereocenters. The molecule has 4 rings (SSSR count). The fourth-order valence-electron chi connectivity index (χ4n) is 2.95. The van der Waals surface area contributed by atoms with Gasteiger partial charge in [0, 0.05) is 19.0 Å². The molecule has 1 atom stereocenters. The number of hydrogen-bond donors (Lipinski definition) is 0. The molecule has 4 nitrogen and oxygen atoms in total. The Kier molecular flexibility index (Phi) is 3.18. The summed E-state index contributed by atoms with van der Waals surface area (Å²) >= 11 is 0. The Labute approximate surface area is 127 Å². The maximum atomic E-state index is 13.4. The second kappa shape index (κ2) is 5.33. The van der Waals surface area contributed by atoms with E-state index in [1.54, 1.807) is 24.4 Å². The molecular formula is C17H14FN3O. The van der Waals surface area contributed by atoms with E-state index in [0.29, 0.717) is 11.6 Å². The summed E-state index contributed by atoms with van der Waals surface area (Å²) in [6.45, 7) is 0. The molecule has 2 heterocycles. The van der Waals surface area contributed by atoms with Crippen molar-refractivity contribution in [3.63, 3.8) is 0 Å². The molecule has 0 spiro atoms. The molecule has 0 N–H and O–H groups in total. The molecule has 110 valence electrons. The lowest BCUT2D eigenvalue weighted by Gasteiger charge is -2.20. The van der Waals surface area contributed by atoms with Gasteiger partial charge in [-0.2, -0.15) is 0 Å². The summed E-state index contributed by atoms with van der Waals surface area (Å²) in [5.41, 5.74) is 2.66. The molecule has 0 fully saturated rings. The van der Waals surface area contributed by atoms with Gasteiger partial charge in [0.05, 0.1) is 5.69 Å². The van der Waals surface area contributed by atoms with E-state index >= 15 is 0 Å². The second-order valence-electron chi connectivity index (χ2n) is 5.48. The topological polar surface area (TPSA) is 51.8 Å². The Hall–Kier alpha value is -2.56. The maximum Gasteiger partial charge on any atom is 0.245 e. The van der Waals surface area contributed by atoms with Crippen molar-refractivity contribution >= 4 is 0 Å². The third kappa shape index (κ3) is 2.39. The van der Waals surface area contributed by atoms with E-state index < -0.39 is 0 Å². The first-order chi connectivity index (χ1) is 10.8. The maximum absolute atomic E-state index is 13.4. The standard InChI is InChI=1S/C17H14FN3O/c18-13-3-1-2-11(8-13)12-4-5-16-15(9-12)21-17(22-16)14-6-7-19-10-20-14/h1-3,6-8,10,12H,4-5,9H2. The summed E-state index contributed by atoms with van der Waals surface area (Å²) in [6.07, 6.45) is 5.67. The monoisotopic (exact) mass is 295 g/mol. The normalized spacial score (nSPS) is 17.2. The molecule has 1 aliphatic rings. The van der Waals surface area contributed by atoms with Crippen molar-refractivity contribution in [1.29, 1.82) is 0 Å². The van der Waals surface area contributed by atoms with Gasteiger partial charge in [0.2, 0.25) is 5.89 Å². The summed E-state index contributed by atoms with van der Waals surface area (Å²) < 4.78 is 19.2. The summed E-state index contributed by atoms with van der Waals surface area (Å²) in [7, 11) is 0. The highest BCUT2D eigenvalue weighted by atomic mass is 19.1. The van der Waals surface area contributed by atoms with Crippen molar-refractivity contribution in [1.82, 2.24) is 15.0 Å². The van der Waals surface area contributed by atoms with Crippen LogP contribution in [0.4, 0.5) is 4.39 Å². The first-order valence-electron chi connectivity index (χ1n) is 7.30. The van der Waals surface area contributed by atoms with E-state index in [1.807, 2.05) is 6.07 Å². The number of benzene rings is 1. The number of rotatable bonds is 2. The fourth-order valence-corrected chi connectivity index (χ4v) is 2.95. The van der Waals surface area contributed by atoms with Gasteiger partial charge in [-0.05, 0) is 36.1 Å². The largest absolute Gasteiger partial charge is 0.440 e. The predicted molar refractivity (Wildman–Crippen MR) is 78.7 cm³/mol. The third-order valence-electron chi connectivity index (χ3n) is 4.06. The van der Waals surface area contributed by atoms with Crippen LogP contribution < -0.4 is 0 Å². The van der Waals surface area contributed by atoms with Crippen molar-refractivity contribution in [3.05, 3.63) is 65.7 Å². The van der Waals surface area contributed by atoms with Gasteiger partial charge in [-0.15, -0.1) is 0 Å². The molecule has 1 aliphatic carbocycles. The molecule has 0 amide bonds. The lowest BCUT2D eigenvalue weighted by atomic mass is 9.85. The number of aryl methyl sites for hydroxylation is 1. The van der Waals surface area contributed by atoms with Gasteiger partial charge in [-0.3, -0.25) is 0 Å². The summed E-state index contributed by atoms with van der Waals surface area (Å²) in [5.74, 6) is 1.55. The molecule has 0 saturated heterocycles. The fraction of sp³-hybridized carbons (Fsp3) is 0.235. The second-order valence-corrected chi connectivity index (χ2v) is 5.48. The van der Waals surface area contributed by atoms with E-state index in [9.17, 15) is 4.39 Å². The van der Waals surface area contributed by atoms with Crippen LogP contribution in [0, 0.1) is 5.82 Å². The quantitative estimate of drug-likeness (QED) is 0.725. The predicted octanol–water partition coefficient (Wildman–Crippen LogP) is 3.54. The number of hydrogen-bond acceptors (Lipinski definition) is 4. The van der Waals surface area contributed by atoms with Crippen LogP contribution in [0.2, 0.25) is 0 Å². The van der Waals surface area contributed by atoms with E-state index in [2.05, 4.69) is 15.0 Å². The molecule has 0 aliphatic heterocycles. The smallest absolute Gasteiger partial charge is 0.245 e. The number of halogens is 1. The van der Waals surface area contributed by atoms with Gasteiger partial charge in [0.25, 0.3) is 0 Å². The minimum atomic E-state index is -0.190. The van der Waals surface area contributed by atoms with Crippen molar-refractivity contribution < 1.29 is 8.81 Å². The Morgan fingerprint density at radius 1 is 1.23 bits per heavy atom. The van der Waals surface area contributed by atoms with E-state index in [1.165, 1.54) is 12.4 Å². The minimum absolute atomic E-state index is 0.190. The van der Waals surface area contributed by atoms with Crippen molar-refractivity contribution in [2.45, 2.75) is 25.2 Å². The Bertz CT molecular complexity index is 801. The van der Waals surface area contributed by atoms with Crippen molar-refractivity contribution in [2.75, 3.05) is 0 Å². The SMILES string of the molecule is Fc1cccc(C2CCc3oc(-c4ccncn4)nc3C2)c1. The average Bonchev–Trinajstić information content (AvgIpc) is 2.99. The zero-order chi connectivity index (χ0) is 14.9. The summed E-state index contributed by atoms with van der Waals surface area (Å²) in [5, 5.41) is 0. The van der Waals surface area contributed by atoms with E-state index in [4.69, 9.17) is 4.42 Å². The van der Waals surface area contributed by atoms with Crippen molar-refractivity contribution in [2.24, 2.45) is 0 Å². The lowest BCUT2D eigenvalue weighted by molar-refractivity contribution is 0.463. The van der Waals surface area contributed by atoms with Crippen LogP contribution in [0.3, 0.4) is 0 Å². The highest BCUT2D eigenvalue weighted by Crippen LogP contribution is 2.34. The molecule has 0 saturated carbocycles. The summed E-state index contributed by atoms with van der Waals surface area (Å²) in [4.78, 5) is 12.6. The van der Waals surface area contributed by atoms with Gasteiger partial charge < -0.3 is 4.42 Å². The number of fused-ring (bicyclic) bond motifs is 1. The highest BCUT2D eigenvalue weighted by Gasteiger charge is 2.26. The van der Waals surface area contributed by atoms with Crippen LogP contribution >= 0.6 is 0 Å². The van der Waals surface area contributed by atoms with Gasteiger partial charge in [0.1, 0.15) is 23.6 Å². The van der Waals surface area contributed by atoms with Gasteiger partial charge >= 0.3 is 0 Å². The van der Waals surface area contributed by atoms with E-state index in [-0.39, 0.29) is 11.7 Å². The molecule has 3 aromatic rings. The molecule has 0 bridgehead atoms. The molecule has 2 aromatic heterocycles. The Balaban J connectivity index is 1.63. The zero-order valence-corrected chi connectivity index (χ0v) is 11.9. The first-order valence-corrected chi connectivity index (χ1v) is 7.30. The van der Waals surface area contributed by atoms with Crippen LogP contribution in [0.1, 0.15) is 29.4 Å². The first kappa shape index (κ1) is 13.1. The van der Waals surface area contributed by atoms with E-state index in [0.717, 1.165) is 36.3 Å². The molecule has 22 heavy (non-hydrogen) atoms. The van der Waals surface area contributed by atoms with Gasteiger partial charge in [0.15, 0.2) is 0 Å². The average molecular weight is 295 g/mol. The Morgan fingerprint density at radius 3 is 3.00 bits per heavy atom. The van der Waals surface area contributed by atoms with Gasteiger partial charge in [-0.25, -0.2) is 19.3 Å². The van der Waals surface area contributed by atoms with Crippen LogP contribution in [-0.4, -0.2) is 15.0 Å². The number of oxazole rings is 1. The molecular weight excluding hydrogens is 281 g/mol. The molecule has 0 radical (unpaired) electrons. The van der Waals surface area contributed by atoms with Gasteiger partial charge in [-0.1, -0.05) is 12.1 Å². The molecule has 1 aromatic carbocycles. The van der Waals surface area contributed by atoms with Crippen LogP contribution in [-0.2, 0) is 12.8 Å². The lowest BCUT2D eigenvalue weighted by Crippen LogP contribution is -2.12. The number of aromatic nitrogens is 3. The van der Waals surface area contributed by atoms with Crippen LogP contribution in [0.5, 0.6) is 0 Å². The molecule has 5 heteroatoms. The zero-order valence-electron chi connectivity index (χ0n) is 11.9. The van der Waals surface area contributed by atoms with Crippen molar-refractivity contribution in [3.8, 4) is 11.6 Å². The Morgan fingerprint density at radius 2 is 2.18 bits per heavy atom.